The molecule has 0 saturated heterocycles. The molecular weight excluding hydrogens is 272 g/mol. The summed E-state index contributed by atoms with van der Waals surface area (Å²) in [4.78, 5) is 23.5. The van der Waals surface area contributed by atoms with Crippen LogP contribution in [-0.2, 0) is 9.47 Å². The van der Waals surface area contributed by atoms with Gasteiger partial charge in [0.05, 0.1) is 19.9 Å². The molecule has 0 spiro atoms. The lowest BCUT2D eigenvalue weighted by atomic mass is 10.1. The van der Waals surface area contributed by atoms with Crippen molar-refractivity contribution in [1.29, 1.82) is 0 Å². The fourth-order valence-electron chi connectivity index (χ4n) is 1.97. The summed E-state index contributed by atoms with van der Waals surface area (Å²) in [6, 6.07) is 5.84. The number of hydrogen-bond donors (Lipinski definition) is 0. The average Bonchev–Trinajstić information content (AvgIpc) is 2.93. The highest BCUT2D eigenvalue weighted by molar-refractivity contribution is 6.01. The van der Waals surface area contributed by atoms with Gasteiger partial charge < -0.3 is 9.47 Å². The van der Waals surface area contributed by atoms with E-state index in [9.17, 15) is 9.59 Å². The summed E-state index contributed by atoms with van der Waals surface area (Å²) >= 11 is 0. The van der Waals surface area contributed by atoms with E-state index < -0.39 is 11.9 Å². The Bertz CT molecular complexity index is 670. The molecule has 0 aliphatic rings. The smallest absolute Gasteiger partial charge is 0.359 e. The Labute approximate surface area is 122 Å². The number of benzene rings is 1. The Kier molecular flexibility index (Phi) is 4.07. The first kappa shape index (κ1) is 14.8. The molecule has 6 nitrogen and oxygen atoms in total. The van der Waals surface area contributed by atoms with Crippen LogP contribution in [0.1, 0.15) is 32.0 Å². The summed E-state index contributed by atoms with van der Waals surface area (Å²) in [6.07, 6.45) is 1.47. The van der Waals surface area contributed by atoms with Crippen molar-refractivity contribution < 1.29 is 19.1 Å². The molecule has 0 amide bonds. The maximum Gasteiger partial charge on any atom is 0.359 e. The molecule has 0 saturated carbocycles. The molecule has 1 aromatic heterocycles. The van der Waals surface area contributed by atoms with Gasteiger partial charge in [0.25, 0.3) is 0 Å². The number of carbonyl (C=O) groups is 2. The number of ether oxygens (including phenoxy) is 2. The first-order chi connectivity index (χ1) is 9.97. The van der Waals surface area contributed by atoms with E-state index in [0.717, 1.165) is 16.8 Å². The van der Waals surface area contributed by atoms with Crippen molar-refractivity contribution in [2.24, 2.45) is 0 Å². The largest absolute Gasteiger partial charge is 0.465 e. The summed E-state index contributed by atoms with van der Waals surface area (Å²) in [7, 11) is 2.49. The highest BCUT2D eigenvalue weighted by atomic mass is 16.5. The highest BCUT2D eigenvalue weighted by Gasteiger charge is 2.24. The van der Waals surface area contributed by atoms with Crippen molar-refractivity contribution in [1.82, 2.24) is 9.78 Å². The van der Waals surface area contributed by atoms with Crippen LogP contribution in [0.2, 0.25) is 0 Å². The van der Waals surface area contributed by atoms with Crippen molar-refractivity contribution in [3.05, 3.63) is 46.8 Å². The van der Waals surface area contributed by atoms with E-state index in [-0.39, 0.29) is 11.3 Å². The zero-order valence-corrected chi connectivity index (χ0v) is 12.3. The maximum absolute atomic E-state index is 11.8. The quantitative estimate of drug-likeness (QED) is 0.808. The fraction of sp³-hybridized carbons (Fsp3) is 0.267. The predicted molar refractivity (Wildman–Crippen MR) is 75.7 cm³/mol. The molecule has 0 aliphatic carbocycles. The number of aryl methyl sites for hydroxylation is 2. The number of nitrogens with zero attached hydrogens (tertiary/aromatic N) is 2. The van der Waals surface area contributed by atoms with Gasteiger partial charge in [-0.1, -0.05) is 12.1 Å². The molecule has 0 atom stereocenters. The van der Waals surface area contributed by atoms with Crippen molar-refractivity contribution >= 4 is 11.9 Å². The minimum Gasteiger partial charge on any atom is -0.465 e. The van der Waals surface area contributed by atoms with Gasteiger partial charge in [0, 0.05) is 6.20 Å². The molecule has 0 N–H and O–H groups in total. The topological polar surface area (TPSA) is 70.4 Å². The Morgan fingerprint density at radius 3 is 2.38 bits per heavy atom. The van der Waals surface area contributed by atoms with Gasteiger partial charge in [-0.05, 0) is 31.0 Å². The zero-order valence-electron chi connectivity index (χ0n) is 12.3. The molecule has 2 rings (SSSR count). The molecule has 2 aromatic rings. The SMILES string of the molecule is COC(=O)c1cn(-c2cc(C)ccc2C)nc1C(=O)OC. The van der Waals surface area contributed by atoms with E-state index in [1.165, 1.54) is 25.1 Å². The molecule has 1 heterocycles. The lowest BCUT2D eigenvalue weighted by Gasteiger charge is -2.06. The first-order valence-electron chi connectivity index (χ1n) is 6.32. The summed E-state index contributed by atoms with van der Waals surface area (Å²) < 4.78 is 10.8. The second-order valence-electron chi connectivity index (χ2n) is 4.61. The summed E-state index contributed by atoms with van der Waals surface area (Å²) in [5, 5.41) is 4.16. The number of hydrogen-bond acceptors (Lipinski definition) is 5. The molecule has 0 bridgehead atoms. The van der Waals surface area contributed by atoms with Gasteiger partial charge in [-0.15, -0.1) is 0 Å². The molecule has 0 unspecified atom stereocenters. The fourth-order valence-corrected chi connectivity index (χ4v) is 1.97. The maximum atomic E-state index is 11.8. The Morgan fingerprint density at radius 2 is 1.76 bits per heavy atom. The van der Waals surface area contributed by atoms with E-state index in [1.54, 1.807) is 0 Å². The van der Waals surface area contributed by atoms with Gasteiger partial charge in [-0.3, -0.25) is 0 Å². The zero-order chi connectivity index (χ0) is 15.6. The summed E-state index contributed by atoms with van der Waals surface area (Å²) in [5.41, 5.74) is 2.81. The van der Waals surface area contributed by atoms with E-state index in [0.29, 0.717) is 0 Å². The molecule has 0 fully saturated rings. The number of aromatic nitrogens is 2. The van der Waals surface area contributed by atoms with Crippen LogP contribution < -0.4 is 0 Å². The van der Waals surface area contributed by atoms with Crippen LogP contribution in [0, 0.1) is 13.8 Å². The van der Waals surface area contributed by atoms with Crippen LogP contribution in [0.15, 0.2) is 24.4 Å². The van der Waals surface area contributed by atoms with Crippen LogP contribution in [0.25, 0.3) is 5.69 Å². The van der Waals surface area contributed by atoms with E-state index in [4.69, 9.17) is 0 Å². The number of carbonyl (C=O) groups excluding carboxylic acids is 2. The second-order valence-corrected chi connectivity index (χ2v) is 4.61. The Balaban J connectivity index is 2.61. The Morgan fingerprint density at radius 1 is 1.10 bits per heavy atom. The molecule has 110 valence electrons. The summed E-state index contributed by atoms with van der Waals surface area (Å²) in [6.45, 7) is 3.88. The van der Waals surface area contributed by atoms with E-state index in [1.807, 2.05) is 32.0 Å². The van der Waals surface area contributed by atoms with Gasteiger partial charge in [-0.2, -0.15) is 5.10 Å². The van der Waals surface area contributed by atoms with E-state index >= 15 is 0 Å². The van der Waals surface area contributed by atoms with Crippen molar-refractivity contribution in [2.75, 3.05) is 14.2 Å². The number of methoxy groups -OCH3 is 2. The normalized spacial score (nSPS) is 10.3. The van der Waals surface area contributed by atoms with Crippen LogP contribution in [0.3, 0.4) is 0 Å². The highest BCUT2D eigenvalue weighted by Crippen LogP contribution is 2.19. The molecule has 1 aromatic carbocycles. The van der Waals surface area contributed by atoms with Gasteiger partial charge in [-0.25, -0.2) is 14.3 Å². The molecular formula is C15H16N2O4. The number of rotatable bonds is 3. The van der Waals surface area contributed by atoms with Crippen molar-refractivity contribution in [2.45, 2.75) is 13.8 Å². The van der Waals surface area contributed by atoms with Crippen molar-refractivity contribution in [3.63, 3.8) is 0 Å². The van der Waals surface area contributed by atoms with Gasteiger partial charge in [0.2, 0.25) is 0 Å². The van der Waals surface area contributed by atoms with Gasteiger partial charge in [0.1, 0.15) is 5.56 Å². The van der Waals surface area contributed by atoms with E-state index in [2.05, 4.69) is 14.6 Å². The standard InChI is InChI=1S/C15H16N2O4/c1-9-5-6-10(2)12(7-9)17-8-11(14(18)20-3)13(16-17)15(19)21-4/h5-8H,1-4H3. The Hall–Kier alpha value is -2.63. The van der Waals surface area contributed by atoms with Crippen LogP contribution in [-0.4, -0.2) is 35.9 Å². The van der Waals surface area contributed by atoms with Gasteiger partial charge in [0.15, 0.2) is 5.69 Å². The number of esters is 2. The minimum absolute atomic E-state index is 0.0646. The van der Waals surface area contributed by atoms with Crippen molar-refractivity contribution in [3.8, 4) is 5.69 Å². The lowest BCUT2D eigenvalue weighted by Crippen LogP contribution is -2.10. The third-order valence-electron chi connectivity index (χ3n) is 3.11. The van der Waals surface area contributed by atoms with Crippen LogP contribution >= 0.6 is 0 Å². The third-order valence-corrected chi connectivity index (χ3v) is 3.11. The molecule has 0 radical (unpaired) electrons. The van der Waals surface area contributed by atoms with Crippen LogP contribution in [0.5, 0.6) is 0 Å². The molecule has 6 heteroatoms. The van der Waals surface area contributed by atoms with Crippen LogP contribution in [0.4, 0.5) is 0 Å². The third kappa shape index (κ3) is 2.79. The van der Waals surface area contributed by atoms with Gasteiger partial charge >= 0.3 is 11.9 Å². The average molecular weight is 288 g/mol. The molecule has 0 aliphatic heterocycles. The first-order valence-corrected chi connectivity index (χ1v) is 6.32. The summed E-state index contributed by atoms with van der Waals surface area (Å²) in [5.74, 6) is -1.31. The second kappa shape index (κ2) is 5.78. The predicted octanol–water partition coefficient (Wildman–Crippen LogP) is 2.06. The monoisotopic (exact) mass is 288 g/mol. The minimum atomic E-state index is -0.681. The lowest BCUT2D eigenvalue weighted by molar-refractivity contribution is 0.0552. The molecule has 21 heavy (non-hydrogen) atoms.